The number of hydrogen-bond acceptors (Lipinski definition) is 3. The fraction of sp³-hybridized carbons (Fsp3) is 0.467. The van der Waals surface area contributed by atoms with Crippen molar-refractivity contribution in [1.29, 1.82) is 0 Å². The summed E-state index contributed by atoms with van der Waals surface area (Å²) in [6.07, 6.45) is 4.15. The molecule has 0 amide bonds. The molecule has 0 atom stereocenters. The average molecular weight is 281 g/mol. The Labute approximate surface area is 120 Å². The quantitative estimate of drug-likeness (QED) is 0.609. The minimum Gasteiger partial charge on any atom is -0.495 e. The van der Waals surface area contributed by atoms with Gasteiger partial charge in [-0.15, -0.1) is 11.6 Å². The zero-order valence-electron chi connectivity index (χ0n) is 11.4. The molecule has 0 aliphatic carbocycles. The standard InChI is InChI=1S/C15H21ClN2O/c1-19-15-7-3-2-6-14(15)18-12-10-17(11-13-18)9-5-4-8-16/h2-7H,8-13H2,1H3. The van der Waals surface area contributed by atoms with Gasteiger partial charge in [0.15, 0.2) is 0 Å². The molecule has 1 aromatic rings. The van der Waals surface area contributed by atoms with E-state index in [2.05, 4.69) is 28.0 Å². The van der Waals surface area contributed by atoms with Crippen molar-refractivity contribution in [3.63, 3.8) is 0 Å². The van der Waals surface area contributed by atoms with E-state index >= 15 is 0 Å². The lowest BCUT2D eigenvalue weighted by atomic mass is 10.2. The molecule has 2 rings (SSSR count). The fourth-order valence-electron chi connectivity index (χ4n) is 2.35. The lowest BCUT2D eigenvalue weighted by Crippen LogP contribution is -2.46. The van der Waals surface area contributed by atoms with E-state index in [1.165, 1.54) is 5.69 Å². The molecule has 4 heteroatoms. The van der Waals surface area contributed by atoms with Gasteiger partial charge in [0.1, 0.15) is 5.75 Å². The Hall–Kier alpha value is -1.19. The van der Waals surface area contributed by atoms with Gasteiger partial charge < -0.3 is 9.64 Å². The molecule has 0 saturated carbocycles. The topological polar surface area (TPSA) is 15.7 Å². The van der Waals surface area contributed by atoms with Crippen molar-refractivity contribution < 1.29 is 4.74 Å². The number of para-hydroxylation sites is 2. The van der Waals surface area contributed by atoms with Crippen molar-refractivity contribution in [3.05, 3.63) is 36.4 Å². The monoisotopic (exact) mass is 280 g/mol. The number of hydrogen-bond donors (Lipinski definition) is 0. The first-order chi connectivity index (χ1) is 9.35. The van der Waals surface area contributed by atoms with Gasteiger partial charge >= 0.3 is 0 Å². The van der Waals surface area contributed by atoms with Gasteiger partial charge in [-0.1, -0.05) is 24.3 Å². The minimum atomic E-state index is 0.598. The fourth-order valence-corrected chi connectivity index (χ4v) is 2.47. The lowest BCUT2D eigenvalue weighted by Gasteiger charge is -2.36. The maximum absolute atomic E-state index is 5.63. The number of allylic oxidation sites excluding steroid dienone is 1. The molecule has 0 N–H and O–H groups in total. The molecule has 19 heavy (non-hydrogen) atoms. The number of anilines is 1. The van der Waals surface area contributed by atoms with Crippen LogP contribution in [0.2, 0.25) is 0 Å². The van der Waals surface area contributed by atoms with Gasteiger partial charge in [-0.2, -0.15) is 0 Å². The van der Waals surface area contributed by atoms with Crippen LogP contribution in [-0.2, 0) is 0 Å². The molecule has 1 aliphatic rings. The zero-order chi connectivity index (χ0) is 13.5. The number of ether oxygens (including phenoxy) is 1. The molecule has 0 bridgehead atoms. The summed E-state index contributed by atoms with van der Waals surface area (Å²) in [5, 5.41) is 0. The van der Waals surface area contributed by atoms with Gasteiger partial charge in [0, 0.05) is 38.6 Å². The maximum Gasteiger partial charge on any atom is 0.142 e. The summed E-state index contributed by atoms with van der Waals surface area (Å²) in [5.41, 5.74) is 1.20. The van der Waals surface area contributed by atoms with Gasteiger partial charge in [0.25, 0.3) is 0 Å². The molecule has 0 unspecified atom stereocenters. The van der Waals surface area contributed by atoms with Crippen LogP contribution in [0.4, 0.5) is 5.69 Å². The van der Waals surface area contributed by atoms with Crippen LogP contribution in [0.25, 0.3) is 0 Å². The Morgan fingerprint density at radius 3 is 2.58 bits per heavy atom. The van der Waals surface area contributed by atoms with Crippen LogP contribution in [0.5, 0.6) is 5.75 Å². The van der Waals surface area contributed by atoms with E-state index in [1.54, 1.807) is 7.11 Å². The maximum atomic E-state index is 5.63. The van der Waals surface area contributed by atoms with Crippen molar-refractivity contribution in [3.8, 4) is 5.75 Å². The second-order valence-electron chi connectivity index (χ2n) is 4.59. The van der Waals surface area contributed by atoms with E-state index in [1.807, 2.05) is 18.2 Å². The number of rotatable bonds is 5. The van der Waals surface area contributed by atoms with E-state index in [4.69, 9.17) is 16.3 Å². The summed E-state index contributed by atoms with van der Waals surface area (Å²) < 4.78 is 5.42. The summed E-state index contributed by atoms with van der Waals surface area (Å²) in [6, 6.07) is 8.22. The molecule has 104 valence electrons. The summed E-state index contributed by atoms with van der Waals surface area (Å²) >= 11 is 5.63. The highest BCUT2D eigenvalue weighted by molar-refractivity contribution is 6.18. The summed E-state index contributed by atoms with van der Waals surface area (Å²) in [7, 11) is 1.73. The van der Waals surface area contributed by atoms with Crippen LogP contribution >= 0.6 is 11.6 Å². The SMILES string of the molecule is COc1ccccc1N1CCN(CC=CCCl)CC1. The summed E-state index contributed by atoms with van der Waals surface area (Å²) in [5.74, 6) is 1.55. The first-order valence-corrected chi connectivity index (χ1v) is 7.20. The van der Waals surface area contributed by atoms with Gasteiger partial charge in [-0.25, -0.2) is 0 Å². The first-order valence-electron chi connectivity index (χ1n) is 6.66. The lowest BCUT2D eigenvalue weighted by molar-refractivity contribution is 0.283. The molecule has 1 saturated heterocycles. The van der Waals surface area contributed by atoms with Crippen LogP contribution in [0, 0.1) is 0 Å². The van der Waals surface area contributed by atoms with Gasteiger partial charge in [0.05, 0.1) is 12.8 Å². The second-order valence-corrected chi connectivity index (χ2v) is 4.89. The van der Waals surface area contributed by atoms with Crippen molar-refractivity contribution >= 4 is 17.3 Å². The Bertz CT molecular complexity index is 414. The van der Waals surface area contributed by atoms with Crippen LogP contribution < -0.4 is 9.64 Å². The van der Waals surface area contributed by atoms with Crippen LogP contribution in [0.1, 0.15) is 0 Å². The number of alkyl halides is 1. The summed E-state index contributed by atoms with van der Waals surface area (Å²) in [4.78, 5) is 4.83. The average Bonchev–Trinajstić information content (AvgIpc) is 2.48. The largest absolute Gasteiger partial charge is 0.495 e. The van der Waals surface area contributed by atoms with Crippen molar-refractivity contribution in [2.24, 2.45) is 0 Å². The smallest absolute Gasteiger partial charge is 0.142 e. The second kappa shape index (κ2) is 7.41. The van der Waals surface area contributed by atoms with Crippen molar-refractivity contribution in [2.45, 2.75) is 0 Å². The Morgan fingerprint density at radius 1 is 1.16 bits per heavy atom. The van der Waals surface area contributed by atoms with E-state index in [0.717, 1.165) is 38.5 Å². The predicted molar refractivity (Wildman–Crippen MR) is 81.5 cm³/mol. The molecule has 1 aromatic carbocycles. The van der Waals surface area contributed by atoms with Crippen molar-refractivity contribution in [1.82, 2.24) is 4.90 Å². The van der Waals surface area contributed by atoms with E-state index < -0.39 is 0 Å². The highest BCUT2D eigenvalue weighted by atomic mass is 35.5. The highest BCUT2D eigenvalue weighted by Crippen LogP contribution is 2.28. The molecular weight excluding hydrogens is 260 g/mol. The van der Waals surface area contributed by atoms with Crippen LogP contribution in [0.15, 0.2) is 36.4 Å². The zero-order valence-corrected chi connectivity index (χ0v) is 12.1. The number of benzene rings is 1. The van der Waals surface area contributed by atoms with E-state index in [0.29, 0.717) is 5.88 Å². The third-order valence-corrected chi connectivity index (χ3v) is 3.60. The third-order valence-electron chi connectivity index (χ3n) is 3.42. The summed E-state index contributed by atoms with van der Waals surface area (Å²) in [6.45, 7) is 5.21. The first kappa shape index (κ1) is 14.2. The molecule has 0 aromatic heterocycles. The van der Waals surface area contributed by atoms with Crippen LogP contribution in [0.3, 0.4) is 0 Å². The normalized spacial score (nSPS) is 17.1. The Morgan fingerprint density at radius 2 is 1.89 bits per heavy atom. The van der Waals surface area contributed by atoms with Crippen molar-refractivity contribution in [2.75, 3.05) is 50.6 Å². The minimum absolute atomic E-state index is 0.598. The molecule has 0 radical (unpaired) electrons. The molecule has 0 spiro atoms. The molecule has 1 fully saturated rings. The molecule has 1 heterocycles. The molecular formula is C15H21ClN2O. The third kappa shape index (κ3) is 3.88. The Kier molecular flexibility index (Phi) is 5.55. The van der Waals surface area contributed by atoms with Gasteiger partial charge in [0.2, 0.25) is 0 Å². The molecule has 3 nitrogen and oxygen atoms in total. The van der Waals surface area contributed by atoms with E-state index in [9.17, 15) is 0 Å². The predicted octanol–water partition coefficient (Wildman–Crippen LogP) is 2.61. The van der Waals surface area contributed by atoms with Gasteiger partial charge in [-0.3, -0.25) is 4.90 Å². The molecule has 1 aliphatic heterocycles. The number of piperazine rings is 1. The number of nitrogens with zero attached hydrogens (tertiary/aromatic N) is 2. The highest BCUT2D eigenvalue weighted by Gasteiger charge is 2.18. The Balaban J connectivity index is 1.90. The number of halogens is 1. The van der Waals surface area contributed by atoms with Crippen LogP contribution in [-0.4, -0.2) is 50.6 Å². The number of methoxy groups -OCH3 is 1. The van der Waals surface area contributed by atoms with Gasteiger partial charge in [-0.05, 0) is 12.1 Å². The van der Waals surface area contributed by atoms with E-state index in [-0.39, 0.29) is 0 Å².